The van der Waals surface area contributed by atoms with Crippen LogP contribution < -0.4 is 4.74 Å². The van der Waals surface area contributed by atoms with Crippen molar-refractivity contribution in [1.82, 2.24) is 9.80 Å². The Labute approximate surface area is 177 Å². The molecule has 0 bridgehead atoms. The van der Waals surface area contributed by atoms with E-state index in [1.54, 1.807) is 7.11 Å². The number of phenols is 1. The molecule has 5 nitrogen and oxygen atoms in total. The molecule has 2 aromatic carbocycles. The van der Waals surface area contributed by atoms with Gasteiger partial charge in [0.15, 0.2) is 11.5 Å². The average molecular weight is 405 g/mol. The summed E-state index contributed by atoms with van der Waals surface area (Å²) in [6.07, 6.45) is 4.99. The van der Waals surface area contributed by atoms with Crippen molar-refractivity contribution in [3.8, 4) is 11.5 Å². The zero-order valence-electron chi connectivity index (χ0n) is 17.4. The molecule has 0 unspecified atom stereocenters. The highest BCUT2D eigenvalue weighted by molar-refractivity contribution is 5.90. The number of hydrogen-bond acceptors (Lipinski definition) is 4. The van der Waals surface area contributed by atoms with Crippen molar-refractivity contribution in [1.29, 1.82) is 0 Å². The van der Waals surface area contributed by atoms with Crippen molar-refractivity contribution in [2.45, 2.75) is 49.7 Å². The number of methoxy groups -OCH3 is 1. The van der Waals surface area contributed by atoms with Crippen molar-refractivity contribution in [2.75, 3.05) is 20.2 Å². The van der Waals surface area contributed by atoms with E-state index in [2.05, 4.69) is 34.1 Å². The van der Waals surface area contributed by atoms with Gasteiger partial charge in [-0.1, -0.05) is 30.3 Å². The number of carbonyl (C=O) groups is 1. The van der Waals surface area contributed by atoms with Crippen LogP contribution in [0.15, 0.2) is 42.5 Å². The van der Waals surface area contributed by atoms with Gasteiger partial charge < -0.3 is 14.7 Å². The molecule has 3 fully saturated rings. The third kappa shape index (κ3) is 2.36. The molecule has 0 radical (unpaired) electrons. The van der Waals surface area contributed by atoms with Gasteiger partial charge in [0.2, 0.25) is 5.91 Å². The summed E-state index contributed by atoms with van der Waals surface area (Å²) in [6, 6.07) is 14.8. The maximum atomic E-state index is 13.9. The van der Waals surface area contributed by atoms with Crippen LogP contribution in [0, 0.1) is 5.92 Å². The van der Waals surface area contributed by atoms with Gasteiger partial charge in [-0.3, -0.25) is 9.69 Å². The van der Waals surface area contributed by atoms with Gasteiger partial charge in [0.05, 0.1) is 7.11 Å². The van der Waals surface area contributed by atoms with Crippen LogP contribution in [0.1, 0.15) is 42.0 Å². The molecule has 1 N–H and O–H groups in total. The molecule has 30 heavy (non-hydrogen) atoms. The molecule has 6 rings (SSSR count). The van der Waals surface area contributed by atoms with E-state index in [1.807, 2.05) is 18.2 Å². The first-order chi connectivity index (χ1) is 14.6. The zero-order valence-corrected chi connectivity index (χ0v) is 17.4. The molecule has 3 aliphatic heterocycles. The SMILES string of the molecule is COc1ccc([C@@H]2C[C@H]3CN(C4Cc5ccccc5C4)C(=O)[C@]34CCCN24)cc1O. The van der Waals surface area contributed by atoms with Crippen LogP contribution in [0.2, 0.25) is 0 Å². The molecular formula is C25H28N2O3. The summed E-state index contributed by atoms with van der Waals surface area (Å²) in [4.78, 5) is 18.6. The largest absolute Gasteiger partial charge is 0.504 e. The number of ether oxygens (including phenoxy) is 1. The fraction of sp³-hybridized carbons (Fsp3) is 0.480. The van der Waals surface area contributed by atoms with Crippen molar-refractivity contribution in [3.05, 3.63) is 59.2 Å². The van der Waals surface area contributed by atoms with Crippen LogP contribution in [-0.4, -0.2) is 52.6 Å². The Morgan fingerprint density at radius 1 is 1.13 bits per heavy atom. The summed E-state index contributed by atoms with van der Waals surface area (Å²) in [5.74, 6) is 1.39. The Kier molecular flexibility index (Phi) is 3.94. The Morgan fingerprint density at radius 3 is 2.60 bits per heavy atom. The molecule has 3 saturated heterocycles. The van der Waals surface area contributed by atoms with Gasteiger partial charge >= 0.3 is 0 Å². The number of likely N-dealkylation sites (tertiary alicyclic amines) is 1. The highest BCUT2D eigenvalue weighted by Crippen LogP contribution is 2.57. The topological polar surface area (TPSA) is 53.0 Å². The predicted octanol–water partition coefficient (Wildman–Crippen LogP) is 3.31. The van der Waals surface area contributed by atoms with Crippen molar-refractivity contribution >= 4 is 5.91 Å². The summed E-state index contributed by atoms with van der Waals surface area (Å²) in [5, 5.41) is 10.3. The molecule has 2 aromatic rings. The van der Waals surface area contributed by atoms with E-state index < -0.39 is 0 Å². The number of amides is 1. The van der Waals surface area contributed by atoms with E-state index in [9.17, 15) is 9.90 Å². The van der Waals surface area contributed by atoms with Gasteiger partial charge in [-0.15, -0.1) is 0 Å². The minimum absolute atomic E-state index is 0.178. The van der Waals surface area contributed by atoms with E-state index in [0.717, 1.165) is 50.8 Å². The third-order valence-electron chi connectivity index (χ3n) is 8.14. The standard InChI is InChI=1S/C25H28N2O3/c1-30-23-8-7-18(13-22(23)28)21-14-19-15-26(24(29)25(19)9-4-10-27(21)25)20-11-16-5-2-3-6-17(16)12-20/h2-3,5-8,13,19-21,28H,4,9-12,14-15H2,1H3/t19-,21-,25-/m0/s1. The molecular weight excluding hydrogens is 376 g/mol. The maximum Gasteiger partial charge on any atom is 0.243 e. The molecule has 0 saturated carbocycles. The Balaban J connectivity index is 1.29. The van der Waals surface area contributed by atoms with Gasteiger partial charge in [-0.05, 0) is 67.5 Å². The number of rotatable bonds is 3. The zero-order chi connectivity index (χ0) is 20.5. The molecule has 3 atom stereocenters. The Hall–Kier alpha value is -2.53. The van der Waals surface area contributed by atoms with Crippen LogP contribution in [-0.2, 0) is 17.6 Å². The molecule has 1 amide bonds. The number of carbonyl (C=O) groups excluding carboxylic acids is 1. The van der Waals surface area contributed by atoms with E-state index in [0.29, 0.717) is 23.6 Å². The molecule has 0 aromatic heterocycles. The van der Waals surface area contributed by atoms with E-state index in [1.165, 1.54) is 11.1 Å². The smallest absolute Gasteiger partial charge is 0.243 e. The number of fused-ring (bicyclic) bond motifs is 1. The Morgan fingerprint density at radius 2 is 1.90 bits per heavy atom. The lowest BCUT2D eigenvalue weighted by atomic mass is 9.85. The summed E-state index contributed by atoms with van der Waals surface area (Å²) in [5.41, 5.74) is 3.56. The van der Waals surface area contributed by atoms with Crippen molar-refractivity contribution < 1.29 is 14.6 Å². The second-order valence-electron chi connectivity index (χ2n) is 9.39. The number of hydrogen-bond donors (Lipinski definition) is 1. The lowest BCUT2D eigenvalue weighted by Gasteiger charge is -2.35. The number of aromatic hydroxyl groups is 1. The quantitative estimate of drug-likeness (QED) is 0.853. The lowest BCUT2D eigenvalue weighted by Crippen LogP contribution is -2.51. The second-order valence-corrected chi connectivity index (χ2v) is 9.39. The number of phenolic OH excluding ortho intramolecular Hbond substituents is 1. The van der Waals surface area contributed by atoms with E-state index in [4.69, 9.17) is 4.74 Å². The molecule has 156 valence electrons. The van der Waals surface area contributed by atoms with Crippen LogP contribution in [0.25, 0.3) is 0 Å². The van der Waals surface area contributed by atoms with Crippen LogP contribution >= 0.6 is 0 Å². The van der Waals surface area contributed by atoms with E-state index in [-0.39, 0.29) is 17.3 Å². The molecule has 3 heterocycles. The first-order valence-electron chi connectivity index (χ1n) is 11.1. The minimum Gasteiger partial charge on any atom is -0.504 e. The molecule has 1 aliphatic carbocycles. The summed E-state index contributed by atoms with van der Waals surface area (Å²) >= 11 is 0. The normalized spacial score (nSPS) is 30.6. The van der Waals surface area contributed by atoms with E-state index >= 15 is 0 Å². The minimum atomic E-state index is -0.338. The van der Waals surface area contributed by atoms with Gasteiger partial charge in [0.1, 0.15) is 5.54 Å². The summed E-state index contributed by atoms with van der Waals surface area (Å²) < 4.78 is 5.21. The third-order valence-corrected chi connectivity index (χ3v) is 8.14. The van der Waals surface area contributed by atoms with Crippen molar-refractivity contribution in [2.24, 2.45) is 5.92 Å². The second kappa shape index (κ2) is 6.48. The first kappa shape index (κ1) is 18.3. The fourth-order valence-electron chi connectivity index (χ4n) is 6.83. The summed E-state index contributed by atoms with van der Waals surface area (Å²) in [7, 11) is 1.57. The lowest BCUT2D eigenvalue weighted by molar-refractivity contribution is -0.138. The predicted molar refractivity (Wildman–Crippen MR) is 114 cm³/mol. The van der Waals surface area contributed by atoms with Gasteiger partial charge in [-0.25, -0.2) is 0 Å². The highest BCUT2D eigenvalue weighted by atomic mass is 16.5. The van der Waals surface area contributed by atoms with Crippen LogP contribution in [0.5, 0.6) is 11.5 Å². The Bertz CT molecular complexity index is 996. The maximum absolute atomic E-state index is 13.9. The molecule has 4 aliphatic rings. The van der Waals surface area contributed by atoms with Crippen LogP contribution in [0.4, 0.5) is 0 Å². The van der Waals surface area contributed by atoms with Gasteiger partial charge in [0.25, 0.3) is 0 Å². The first-order valence-corrected chi connectivity index (χ1v) is 11.1. The molecule has 1 spiro atoms. The summed E-state index contributed by atoms with van der Waals surface area (Å²) in [6.45, 7) is 1.82. The number of benzene rings is 2. The van der Waals surface area contributed by atoms with Crippen LogP contribution in [0.3, 0.4) is 0 Å². The molecule has 5 heteroatoms. The fourth-order valence-corrected chi connectivity index (χ4v) is 6.83. The van der Waals surface area contributed by atoms with Crippen molar-refractivity contribution in [3.63, 3.8) is 0 Å². The monoisotopic (exact) mass is 404 g/mol. The van der Waals surface area contributed by atoms with Gasteiger partial charge in [-0.2, -0.15) is 0 Å². The highest BCUT2D eigenvalue weighted by Gasteiger charge is 2.65. The average Bonchev–Trinajstić information content (AvgIpc) is 3.48. The van der Waals surface area contributed by atoms with Gasteiger partial charge in [0, 0.05) is 24.5 Å². The number of nitrogens with zero attached hydrogens (tertiary/aromatic N) is 2.